The van der Waals surface area contributed by atoms with E-state index < -0.39 is 0 Å². The molecule has 1 aromatic carbocycles. The summed E-state index contributed by atoms with van der Waals surface area (Å²) in [6.07, 6.45) is 6.12. The molecule has 2 N–H and O–H groups in total. The first-order chi connectivity index (χ1) is 19.0. The molecule has 1 amide bonds. The molecular weight excluding hydrogens is 512 g/mol. The molecule has 2 aliphatic rings. The fraction of sp³-hybridized carbons (Fsp3) is 0.400. The average molecular weight is 545 g/mol. The van der Waals surface area contributed by atoms with Crippen LogP contribution in [-0.2, 0) is 10.2 Å². The Morgan fingerprint density at radius 1 is 1.26 bits per heavy atom. The molecule has 8 nitrogen and oxygen atoms in total. The maximum atomic E-state index is 13.0. The van der Waals surface area contributed by atoms with Gasteiger partial charge in [0.25, 0.3) is 0 Å². The van der Waals surface area contributed by atoms with Gasteiger partial charge in [0.15, 0.2) is 0 Å². The van der Waals surface area contributed by atoms with Crippen molar-refractivity contribution in [2.24, 2.45) is 5.92 Å². The lowest BCUT2D eigenvalue weighted by Crippen LogP contribution is -2.50. The second-order valence-electron chi connectivity index (χ2n) is 10.2. The van der Waals surface area contributed by atoms with E-state index >= 15 is 0 Å². The Hall–Kier alpha value is -3.67. The number of anilines is 1. The monoisotopic (exact) mass is 544 g/mol. The molecule has 2 saturated heterocycles. The summed E-state index contributed by atoms with van der Waals surface area (Å²) in [4.78, 5) is 24.4. The lowest BCUT2D eigenvalue weighted by atomic mass is 9.73. The van der Waals surface area contributed by atoms with Crippen LogP contribution < -0.4 is 20.3 Å². The number of carbonyl (C=O) groups excluding carboxylic acids is 1. The molecule has 5 rings (SSSR count). The van der Waals surface area contributed by atoms with Gasteiger partial charge in [-0.2, -0.15) is 5.26 Å². The number of hydrogen-bond acceptors (Lipinski definition) is 7. The van der Waals surface area contributed by atoms with Crippen molar-refractivity contribution in [3.63, 3.8) is 0 Å². The van der Waals surface area contributed by atoms with Gasteiger partial charge in [0.05, 0.1) is 35.0 Å². The molecule has 0 aliphatic carbocycles. The van der Waals surface area contributed by atoms with Crippen molar-refractivity contribution >= 4 is 23.2 Å². The number of aromatic nitrogens is 2. The first-order valence-electron chi connectivity index (χ1n) is 13.5. The minimum atomic E-state index is -0.277. The number of nitrogens with one attached hydrogen (secondary N) is 2. The second kappa shape index (κ2) is 12.0. The van der Waals surface area contributed by atoms with Crippen LogP contribution in [0.3, 0.4) is 0 Å². The quantitative estimate of drug-likeness (QED) is 0.435. The molecule has 202 valence electrons. The van der Waals surface area contributed by atoms with Crippen molar-refractivity contribution in [2.75, 3.05) is 44.2 Å². The number of pyridine rings is 2. The summed E-state index contributed by atoms with van der Waals surface area (Å²) in [5.74, 6) is 0.682. The third-order valence-electron chi connectivity index (χ3n) is 7.88. The van der Waals surface area contributed by atoms with Crippen LogP contribution in [0, 0.1) is 17.2 Å². The molecule has 9 heteroatoms. The highest BCUT2D eigenvalue weighted by molar-refractivity contribution is 6.30. The SMILES string of the molecule is CCOc1ncccc1-c1ccc(C2(CNC(=O)[C@H]3CCNC3)CCN(c3ccc(Cl)cc3C#N)CC2)cn1. The number of amides is 1. The van der Waals surface area contributed by atoms with Crippen molar-refractivity contribution in [3.05, 3.63) is 71.0 Å². The summed E-state index contributed by atoms with van der Waals surface area (Å²) in [7, 11) is 0. The molecule has 0 radical (unpaired) electrons. The topological polar surface area (TPSA) is 103 Å². The number of rotatable bonds is 8. The molecule has 1 atom stereocenters. The summed E-state index contributed by atoms with van der Waals surface area (Å²) in [6.45, 7) is 6.10. The van der Waals surface area contributed by atoms with Gasteiger partial charge in [-0.1, -0.05) is 17.7 Å². The Morgan fingerprint density at radius 3 is 2.79 bits per heavy atom. The Morgan fingerprint density at radius 2 is 2.10 bits per heavy atom. The highest BCUT2D eigenvalue weighted by Gasteiger charge is 2.38. The van der Waals surface area contributed by atoms with Crippen LogP contribution in [0.5, 0.6) is 5.88 Å². The predicted octanol–water partition coefficient (Wildman–Crippen LogP) is 4.33. The highest BCUT2D eigenvalue weighted by Crippen LogP contribution is 2.38. The van der Waals surface area contributed by atoms with Gasteiger partial charge in [-0.05, 0) is 74.7 Å². The molecule has 0 bridgehead atoms. The van der Waals surface area contributed by atoms with Crippen LogP contribution in [0.2, 0.25) is 5.02 Å². The number of carbonyl (C=O) groups is 1. The first-order valence-corrected chi connectivity index (χ1v) is 13.9. The molecule has 3 aromatic rings. The zero-order valence-electron chi connectivity index (χ0n) is 22.1. The molecule has 0 spiro atoms. The fourth-order valence-corrected chi connectivity index (χ4v) is 5.77. The van der Waals surface area contributed by atoms with Crippen molar-refractivity contribution in [3.8, 4) is 23.2 Å². The summed E-state index contributed by atoms with van der Waals surface area (Å²) in [5, 5.41) is 16.8. The Balaban J connectivity index is 1.40. The standard InChI is InChI=1S/C30H33ClN6O2/c1-2-39-29-25(4-3-12-34-29)26-7-5-23(19-35-26)30(20-36-28(38)21-9-13-33-18-21)10-14-37(15-11-30)27-8-6-24(31)16-22(27)17-32/h3-8,12,16,19,21,33H,2,9-11,13-15,18,20H2,1H3,(H,36,38)/t21-/m0/s1. The third kappa shape index (κ3) is 5.85. The Kier molecular flexibility index (Phi) is 8.30. The van der Waals surface area contributed by atoms with E-state index in [-0.39, 0.29) is 17.2 Å². The van der Waals surface area contributed by atoms with E-state index in [1.54, 1.807) is 12.3 Å². The van der Waals surface area contributed by atoms with E-state index in [1.807, 2.05) is 43.5 Å². The van der Waals surface area contributed by atoms with Crippen molar-refractivity contribution in [1.29, 1.82) is 5.26 Å². The summed E-state index contributed by atoms with van der Waals surface area (Å²) in [5.41, 5.74) is 3.93. The maximum absolute atomic E-state index is 13.0. The van der Waals surface area contributed by atoms with Gasteiger partial charge in [0, 0.05) is 49.0 Å². The zero-order chi connectivity index (χ0) is 27.2. The van der Waals surface area contributed by atoms with Gasteiger partial charge in [-0.25, -0.2) is 4.98 Å². The molecule has 0 unspecified atom stereocenters. The second-order valence-corrected chi connectivity index (χ2v) is 10.6. The number of nitrogens with zero attached hydrogens (tertiary/aromatic N) is 4. The predicted molar refractivity (Wildman–Crippen MR) is 152 cm³/mol. The van der Waals surface area contributed by atoms with Crippen molar-refractivity contribution in [2.45, 2.75) is 31.6 Å². The lowest BCUT2D eigenvalue weighted by molar-refractivity contribution is -0.124. The van der Waals surface area contributed by atoms with Gasteiger partial charge < -0.3 is 20.3 Å². The van der Waals surface area contributed by atoms with E-state index in [1.165, 1.54) is 0 Å². The van der Waals surface area contributed by atoms with E-state index in [0.717, 1.165) is 67.9 Å². The van der Waals surface area contributed by atoms with Gasteiger partial charge in [0.1, 0.15) is 6.07 Å². The van der Waals surface area contributed by atoms with Crippen LogP contribution in [0.25, 0.3) is 11.3 Å². The number of nitriles is 1. The van der Waals surface area contributed by atoms with Gasteiger partial charge >= 0.3 is 0 Å². The molecule has 2 aromatic heterocycles. The number of hydrogen-bond donors (Lipinski definition) is 2. The lowest BCUT2D eigenvalue weighted by Gasteiger charge is -2.43. The van der Waals surface area contributed by atoms with E-state index in [9.17, 15) is 10.1 Å². The fourth-order valence-electron chi connectivity index (χ4n) is 5.60. The van der Waals surface area contributed by atoms with Crippen LogP contribution in [0.4, 0.5) is 5.69 Å². The molecule has 39 heavy (non-hydrogen) atoms. The normalized spacial score (nSPS) is 18.4. The van der Waals surface area contributed by atoms with Crippen LogP contribution in [-0.4, -0.2) is 55.2 Å². The van der Waals surface area contributed by atoms with Crippen LogP contribution in [0.15, 0.2) is 54.9 Å². The zero-order valence-corrected chi connectivity index (χ0v) is 22.9. The van der Waals surface area contributed by atoms with E-state index in [4.69, 9.17) is 21.3 Å². The summed E-state index contributed by atoms with van der Waals surface area (Å²) >= 11 is 6.14. The Labute approximate surface area is 234 Å². The van der Waals surface area contributed by atoms with Crippen LogP contribution in [0.1, 0.15) is 37.3 Å². The first kappa shape index (κ1) is 26.9. The van der Waals surface area contributed by atoms with E-state index in [0.29, 0.717) is 29.6 Å². The minimum Gasteiger partial charge on any atom is -0.477 e. The maximum Gasteiger partial charge on any atom is 0.224 e. The number of ether oxygens (including phenoxy) is 1. The molecule has 0 saturated carbocycles. The molecule has 2 fully saturated rings. The molecule has 4 heterocycles. The summed E-state index contributed by atoms with van der Waals surface area (Å²) < 4.78 is 5.71. The number of piperidine rings is 1. The van der Waals surface area contributed by atoms with Crippen molar-refractivity contribution in [1.82, 2.24) is 20.6 Å². The van der Waals surface area contributed by atoms with Crippen molar-refractivity contribution < 1.29 is 9.53 Å². The third-order valence-corrected chi connectivity index (χ3v) is 8.11. The van der Waals surface area contributed by atoms with E-state index in [2.05, 4.69) is 32.7 Å². The smallest absolute Gasteiger partial charge is 0.224 e. The van der Waals surface area contributed by atoms with Gasteiger partial charge in [-0.3, -0.25) is 9.78 Å². The highest BCUT2D eigenvalue weighted by atomic mass is 35.5. The number of benzene rings is 1. The van der Waals surface area contributed by atoms with Crippen LogP contribution >= 0.6 is 11.6 Å². The minimum absolute atomic E-state index is 0.0115. The largest absolute Gasteiger partial charge is 0.477 e. The number of halogens is 1. The summed E-state index contributed by atoms with van der Waals surface area (Å²) in [6, 6.07) is 15.7. The average Bonchev–Trinajstić information content (AvgIpc) is 3.52. The van der Waals surface area contributed by atoms with Gasteiger partial charge in [0.2, 0.25) is 11.8 Å². The van der Waals surface area contributed by atoms with Gasteiger partial charge in [-0.15, -0.1) is 0 Å². The Bertz CT molecular complexity index is 1340. The molecular formula is C30H33ClN6O2. The molecule has 2 aliphatic heterocycles.